The summed E-state index contributed by atoms with van der Waals surface area (Å²) < 4.78 is 5.66. The molecule has 0 saturated heterocycles. The van der Waals surface area contributed by atoms with Gasteiger partial charge in [-0.1, -0.05) is 18.2 Å². The van der Waals surface area contributed by atoms with E-state index in [9.17, 15) is 9.59 Å². The van der Waals surface area contributed by atoms with E-state index in [1.54, 1.807) is 35.6 Å². The van der Waals surface area contributed by atoms with Crippen molar-refractivity contribution in [1.82, 2.24) is 5.32 Å². The van der Waals surface area contributed by atoms with Crippen molar-refractivity contribution in [3.05, 3.63) is 46.7 Å². The smallest absolute Gasteiger partial charge is 0.278 e. The third-order valence-corrected chi connectivity index (χ3v) is 4.49. The van der Waals surface area contributed by atoms with E-state index in [1.807, 2.05) is 17.5 Å². The lowest BCUT2D eigenvalue weighted by Gasteiger charge is -2.33. The van der Waals surface area contributed by atoms with Gasteiger partial charge in [-0.25, -0.2) is 0 Å². The lowest BCUT2D eigenvalue weighted by Crippen LogP contribution is -2.58. The van der Waals surface area contributed by atoms with Gasteiger partial charge in [0.25, 0.3) is 17.4 Å². The number of carbonyl (C=O) groups excluding carboxylic acids is 2. The second-order valence-electron chi connectivity index (χ2n) is 5.17. The number of para-hydroxylation sites is 2. The van der Waals surface area contributed by atoms with Crippen LogP contribution in [0.5, 0.6) is 5.75 Å². The molecule has 2 aromatic rings. The first kappa shape index (κ1) is 14.6. The zero-order valence-corrected chi connectivity index (χ0v) is 12.9. The summed E-state index contributed by atoms with van der Waals surface area (Å²) in [5.74, 6) is -0.395. The number of amides is 2. The summed E-state index contributed by atoms with van der Waals surface area (Å²) in [7, 11) is 0. The molecule has 0 radical (unpaired) electrons. The highest BCUT2D eigenvalue weighted by molar-refractivity contribution is 7.09. The lowest BCUT2D eigenvalue weighted by molar-refractivity contribution is -0.146. The maximum Gasteiger partial charge on any atom is 0.278 e. The van der Waals surface area contributed by atoms with Gasteiger partial charge in [0.2, 0.25) is 0 Å². The van der Waals surface area contributed by atoms with Crippen LogP contribution in [0.25, 0.3) is 0 Å². The fraction of sp³-hybridized carbons (Fsp3) is 0.250. The fourth-order valence-electron chi connectivity index (χ4n) is 2.24. The summed E-state index contributed by atoms with van der Waals surface area (Å²) in [4.78, 5) is 25.8. The van der Waals surface area contributed by atoms with Crippen molar-refractivity contribution in [2.45, 2.75) is 18.9 Å². The van der Waals surface area contributed by atoms with Crippen LogP contribution in [0.2, 0.25) is 0 Å². The Morgan fingerprint density at radius 3 is 2.91 bits per heavy atom. The van der Waals surface area contributed by atoms with Gasteiger partial charge in [-0.3, -0.25) is 9.59 Å². The van der Waals surface area contributed by atoms with Gasteiger partial charge in [0.1, 0.15) is 5.75 Å². The predicted octanol–water partition coefficient (Wildman–Crippen LogP) is 2.20. The maximum absolute atomic E-state index is 12.4. The van der Waals surface area contributed by atoms with Crippen molar-refractivity contribution in [3.8, 4) is 5.75 Å². The minimum atomic E-state index is -1.55. The van der Waals surface area contributed by atoms with Gasteiger partial charge in [0, 0.05) is 11.4 Å². The van der Waals surface area contributed by atoms with Gasteiger partial charge in [0.15, 0.2) is 0 Å². The van der Waals surface area contributed by atoms with Crippen LogP contribution >= 0.6 is 11.3 Å². The Kier molecular flexibility index (Phi) is 3.85. The highest BCUT2D eigenvalue weighted by atomic mass is 32.1. The zero-order chi connectivity index (χ0) is 15.6. The van der Waals surface area contributed by atoms with Gasteiger partial charge in [-0.15, -0.1) is 11.3 Å². The summed E-state index contributed by atoms with van der Waals surface area (Å²) in [6.45, 7) is 1.95. The SMILES string of the molecule is C[C@@]1(C(=O)NCCc2cccs2)Oc2ccccc2NC1=O. The lowest BCUT2D eigenvalue weighted by atomic mass is 10.0. The standard InChI is InChI=1S/C16H16N2O3S/c1-16(14(19)17-9-8-11-5-4-10-22-11)15(20)18-12-6-2-3-7-13(12)21-16/h2-7,10H,8-9H2,1H3,(H,17,19)(H,18,20)/t16-/m0/s1. The van der Waals surface area contributed by atoms with Crippen molar-refractivity contribution in [1.29, 1.82) is 0 Å². The number of hydrogen-bond donors (Lipinski definition) is 2. The topological polar surface area (TPSA) is 67.4 Å². The quantitative estimate of drug-likeness (QED) is 0.850. The average Bonchev–Trinajstić information content (AvgIpc) is 3.01. The molecule has 1 aliphatic heterocycles. The molecule has 1 aliphatic rings. The third kappa shape index (κ3) is 2.69. The van der Waals surface area contributed by atoms with Crippen LogP contribution in [0.3, 0.4) is 0 Å². The molecule has 22 heavy (non-hydrogen) atoms. The van der Waals surface area contributed by atoms with E-state index in [0.29, 0.717) is 18.0 Å². The number of benzene rings is 1. The highest BCUT2D eigenvalue weighted by Crippen LogP contribution is 2.33. The van der Waals surface area contributed by atoms with Crippen molar-refractivity contribution in [2.24, 2.45) is 0 Å². The number of hydrogen-bond acceptors (Lipinski definition) is 4. The van der Waals surface area contributed by atoms with Crippen molar-refractivity contribution in [2.75, 3.05) is 11.9 Å². The molecule has 0 spiro atoms. The Morgan fingerprint density at radius 2 is 2.14 bits per heavy atom. The molecule has 0 bridgehead atoms. The molecule has 1 aromatic heterocycles. The zero-order valence-electron chi connectivity index (χ0n) is 12.1. The Bertz CT molecular complexity index is 699. The van der Waals surface area contributed by atoms with E-state index in [1.165, 1.54) is 11.8 Å². The number of ether oxygens (including phenoxy) is 1. The van der Waals surface area contributed by atoms with Crippen LogP contribution in [-0.2, 0) is 16.0 Å². The van der Waals surface area contributed by atoms with Crippen LogP contribution in [0.1, 0.15) is 11.8 Å². The second-order valence-corrected chi connectivity index (χ2v) is 6.20. The van der Waals surface area contributed by atoms with E-state index in [4.69, 9.17) is 4.74 Å². The number of nitrogens with one attached hydrogen (secondary N) is 2. The van der Waals surface area contributed by atoms with Gasteiger partial charge in [-0.05, 0) is 36.9 Å². The minimum Gasteiger partial charge on any atom is -0.466 e. The molecule has 6 heteroatoms. The molecular weight excluding hydrogens is 300 g/mol. The summed E-state index contributed by atoms with van der Waals surface area (Å²) in [5, 5.41) is 7.48. The van der Waals surface area contributed by atoms with Gasteiger partial charge < -0.3 is 15.4 Å². The Morgan fingerprint density at radius 1 is 1.32 bits per heavy atom. The van der Waals surface area contributed by atoms with E-state index < -0.39 is 17.4 Å². The maximum atomic E-state index is 12.4. The second kappa shape index (κ2) is 5.81. The van der Waals surface area contributed by atoms with Gasteiger partial charge in [-0.2, -0.15) is 0 Å². The Hall–Kier alpha value is -2.34. The molecule has 0 saturated carbocycles. The molecule has 1 atom stereocenters. The fourth-order valence-corrected chi connectivity index (χ4v) is 2.95. The molecule has 2 amide bonds. The number of carbonyl (C=O) groups is 2. The van der Waals surface area contributed by atoms with E-state index in [2.05, 4.69) is 10.6 Å². The van der Waals surface area contributed by atoms with Crippen molar-refractivity contribution < 1.29 is 14.3 Å². The molecule has 2 heterocycles. The molecule has 2 N–H and O–H groups in total. The van der Waals surface area contributed by atoms with E-state index in [-0.39, 0.29) is 0 Å². The Balaban J connectivity index is 1.67. The van der Waals surface area contributed by atoms with Crippen LogP contribution < -0.4 is 15.4 Å². The van der Waals surface area contributed by atoms with Crippen molar-refractivity contribution >= 4 is 28.8 Å². The molecule has 114 valence electrons. The van der Waals surface area contributed by atoms with Crippen LogP contribution in [0.4, 0.5) is 5.69 Å². The largest absolute Gasteiger partial charge is 0.466 e. The van der Waals surface area contributed by atoms with Crippen molar-refractivity contribution in [3.63, 3.8) is 0 Å². The highest BCUT2D eigenvalue weighted by Gasteiger charge is 2.46. The van der Waals surface area contributed by atoms with Gasteiger partial charge in [0.05, 0.1) is 5.69 Å². The number of anilines is 1. The summed E-state index contributed by atoms with van der Waals surface area (Å²) in [6, 6.07) is 11.0. The summed E-state index contributed by atoms with van der Waals surface area (Å²) in [6.07, 6.45) is 0.734. The first-order valence-electron chi connectivity index (χ1n) is 7.00. The molecule has 0 aliphatic carbocycles. The monoisotopic (exact) mass is 316 g/mol. The van der Waals surface area contributed by atoms with Gasteiger partial charge >= 0.3 is 0 Å². The minimum absolute atomic E-state index is 0.434. The molecule has 1 aromatic carbocycles. The first-order chi connectivity index (χ1) is 10.6. The average molecular weight is 316 g/mol. The predicted molar refractivity (Wildman–Crippen MR) is 85.1 cm³/mol. The summed E-state index contributed by atoms with van der Waals surface area (Å²) in [5.41, 5.74) is -0.972. The molecule has 5 nitrogen and oxygen atoms in total. The molecule has 0 fully saturated rings. The molecule has 3 rings (SSSR count). The van der Waals surface area contributed by atoms with E-state index in [0.717, 1.165) is 6.42 Å². The van der Waals surface area contributed by atoms with Crippen LogP contribution in [-0.4, -0.2) is 24.0 Å². The van der Waals surface area contributed by atoms with Crippen LogP contribution in [0.15, 0.2) is 41.8 Å². The number of thiophene rings is 1. The summed E-state index contributed by atoms with van der Waals surface area (Å²) >= 11 is 1.64. The molecular formula is C16H16N2O3S. The molecule has 0 unspecified atom stereocenters. The number of fused-ring (bicyclic) bond motifs is 1. The van der Waals surface area contributed by atoms with Crippen LogP contribution in [0, 0.1) is 0 Å². The number of rotatable bonds is 4. The van der Waals surface area contributed by atoms with E-state index >= 15 is 0 Å². The first-order valence-corrected chi connectivity index (χ1v) is 7.88. The Labute approximate surface area is 132 Å². The normalized spacial score (nSPS) is 19.8. The third-order valence-electron chi connectivity index (χ3n) is 3.55.